The van der Waals surface area contributed by atoms with E-state index in [9.17, 15) is 0 Å². The first kappa shape index (κ1) is 8.98. The zero-order valence-electron chi connectivity index (χ0n) is 6.35. The zero-order valence-corrected chi connectivity index (χ0v) is 6.35. The van der Waals surface area contributed by atoms with Crippen molar-refractivity contribution in [2.45, 2.75) is 32.6 Å². The van der Waals surface area contributed by atoms with Crippen LogP contribution in [0.25, 0.3) is 0 Å². The fraction of sp³-hybridized carbons (Fsp3) is 1.00. The molecule has 0 radical (unpaired) electrons. The van der Waals surface area contributed by atoms with Gasteiger partial charge in [0.2, 0.25) is 0 Å². The van der Waals surface area contributed by atoms with Crippen molar-refractivity contribution in [1.29, 1.82) is 0 Å². The molecule has 0 fully saturated rings. The van der Waals surface area contributed by atoms with Crippen molar-refractivity contribution in [3.63, 3.8) is 0 Å². The van der Waals surface area contributed by atoms with Gasteiger partial charge in [0.25, 0.3) is 0 Å². The van der Waals surface area contributed by atoms with E-state index in [0.29, 0.717) is 0 Å². The van der Waals surface area contributed by atoms with E-state index in [2.05, 4.69) is 16.6 Å². The Balaban J connectivity index is 2.60. The number of hydrogen-bond donors (Lipinski definition) is 0. The lowest BCUT2D eigenvalue weighted by Crippen LogP contribution is -1.92. The molecule has 0 saturated carbocycles. The van der Waals surface area contributed by atoms with E-state index in [1.54, 1.807) is 8.05 Å². The summed E-state index contributed by atoms with van der Waals surface area (Å²) in [5.74, 6) is 0. The second-order valence-electron chi connectivity index (χ2n) is 2.05. The highest BCUT2D eigenvalue weighted by molar-refractivity contribution is 5.97. The number of rotatable bonds is 6. The molecule has 0 atom stereocenters. The molecule has 2 nitrogen and oxygen atoms in total. The average Bonchev–Trinajstić information content (AvgIpc) is 1.89. The Morgan fingerprint density at radius 1 is 1.22 bits per heavy atom. The van der Waals surface area contributed by atoms with E-state index in [-0.39, 0.29) is 0 Å². The van der Waals surface area contributed by atoms with Crippen molar-refractivity contribution in [3.8, 4) is 0 Å². The van der Waals surface area contributed by atoms with Crippen LogP contribution in [0.4, 0.5) is 0 Å². The number of unbranched alkanes of at least 4 members (excludes halogenated alkanes) is 3. The molecule has 0 saturated heterocycles. The Morgan fingerprint density at radius 2 is 2.00 bits per heavy atom. The van der Waals surface area contributed by atoms with Crippen LogP contribution in [0.2, 0.25) is 0 Å². The molecule has 0 bridgehead atoms. The van der Waals surface area contributed by atoms with Crippen LogP contribution < -0.4 is 0 Å². The van der Waals surface area contributed by atoms with Crippen molar-refractivity contribution in [2.24, 2.45) is 0 Å². The van der Waals surface area contributed by atoms with Crippen LogP contribution >= 0.6 is 0 Å². The second kappa shape index (κ2) is 7.98. The van der Waals surface area contributed by atoms with E-state index < -0.39 is 0 Å². The second-order valence-corrected chi connectivity index (χ2v) is 2.05. The third-order valence-electron chi connectivity index (χ3n) is 1.20. The standard InChI is InChI=1S/C6H15BO2/c1-2-3-4-5-6-8-9-7/h2-7H2,1H3. The average molecular weight is 130 g/mol. The van der Waals surface area contributed by atoms with E-state index in [1.807, 2.05) is 0 Å². The van der Waals surface area contributed by atoms with Crippen LogP contribution in [0, 0.1) is 0 Å². The van der Waals surface area contributed by atoms with Crippen molar-refractivity contribution < 1.29 is 9.69 Å². The van der Waals surface area contributed by atoms with Gasteiger partial charge in [-0.05, 0) is 6.42 Å². The van der Waals surface area contributed by atoms with Crippen LogP contribution in [0.1, 0.15) is 32.6 Å². The highest BCUT2D eigenvalue weighted by Gasteiger charge is 1.85. The first-order chi connectivity index (χ1) is 4.41. The minimum Gasteiger partial charge on any atom is -0.315 e. The third kappa shape index (κ3) is 7.98. The van der Waals surface area contributed by atoms with Crippen LogP contribution in [-0.4, -0.2) is 14.7 Å². The molecule has 0 amide bonds. The molecule has 0 unspecified atom stereocenters. The minimum absolute atomic E-state index is 0.733. The maximum absolute atomic E-state index is 4.68. The van der Waals surface area contributed by atoms with Gasteiger partial charge in [0.1, 0.15) is 0 Å². The summed E-state index contributed by atoms with van der Waals surface area (Å²) in [6, 6.07) is 0. The molecule has 3 heteroatoms. The molecular weight excluding hydrogens is 115 g/mol. The predicted molar refractivity (Wildman–Crippen MR) is 39.7 cm³/mol. The maximum atomic E-state index is 4.68. The summed E-state index contributed by atoms with van der Waals surface area (Å²) in [7, 11) is 1.54. The monoisotopic (exact) mass is 130 g/mol. The third-order valence-corrected chi connectivity index (χ3v) is 1.20. The van der Waals surface area contributed by atoms with Gasteiger partial charge in [-0.25, -0.2) is 0 Å². The topological polar surface area (TPSA) is 18.5 Å². The van der Waals surface area contributed by atoms with Crippen molar-refractivity contribution in [2.75, 3.05) is 6.61 Å². The molecule has 0 N–H and O–H groups in total. The highest BCUT2D eigenvalue weighted by Crippen LogP contribution is 1.98. The molecule has 0 spiro atoms. The van der Waals surface area contributed by atoms with Gasteiger partial charge >= 0.3 is 8.05 Å². The lowest BCUT2D eigenvalue weighted by molar-refractivity contribution is -0.204. The molecular formula is C6H15BO2. The van der Waals surface area contributed by atoms with Crippen LogP contribution in [0.3, 0.4) is 0 Å². The van der Waals surface area contributed by atoms with Gasteiger partial charge in [0.15, 0.2) is 0 Å². The summed E-state index contributed by atoms with van der Waals surface area (Å²) in [6.07, 6.45) is 4.93. The lowest BCUT2D eigenvalue weighted by atomic mass is 10.2. The van der Waals surface area contributed by atoms with Gasteiger partial charge in [-0.2, -0.15) is 0 Å². The van der Waals surface area contributed by atoms with Crippen molar-refractivity contribution >= 4 is 8.05 Å². The maximum Gasteiger partial charge on any atom is 0.306 e. The predicted octanol–water partition coefficient (Wildman–Crippen LogP) is 1.06. The zero-order chi connectivity index (χ0) is 6.95. The van der Waals surface area contributed by atoms with E-state index in [4.69, 9.17) is 0 Å². The van der Waals surface area contributed by atoms with Gasteiger partial charge in [-0.15, -0.1) is 0 Å². The molecule has 0 aliphatic heterocycles. The first-order valence-electron chi connectivity index (χ1n) is 3.57. The van der Waals surface area contributed by atoms with E-state index in [0.717, 1.165) is 13.0 Å². The van der Waals surface area contributed by atoms with E-state index >= 15 is 0 Å². The van der Waals surface area contributed by atoms with Crippen LogP contribution in [-0.2, 0) is 9.69 Å². The molecule has 9 heavy (non-hydrogen) atoms. The SMILES string of the molecule is BOOCCCCCC. The Labute approximate surface area is 57.9 Å². The summed E-state index contributed by atoms with van der Waals surface area (Å²) < 4.78 is 0. The quantitative estimate of drug-likeness (QED) is 0.231. The molecule has 0 aliphatic carbocycles. The molecule has 0 heterocycles. The molecule has 54 valence electrons. The fourth-order valence-corrected chi connectivity index (χ4v) is 0.671. The summed E-state index contributed by atoms with van der Waals surface area (Å²) >= 11 is 0. The Morgan fingerprint density at radius 3 is 2.56 bits per heavy atom. The lowest BCUT2D eigenvalue weighted by Gasteiger charge is -1.98. The van der Waals surface area contributed by atoms with Gasteiger partial charge in [0, 0.05) is 0 Å². The van der Waals surface area contributed by atoms with Gasteiger partial charge < -0.3 is 4.81 Å². The van der Waals surface area contributed by atoms with Gasteiger partial charge in [-0.1, -0.05) is 26.2 Å². The van der Waals surface area contributed by atoms with Gasteiger partial charge in [-0.3, -0.25) is 4.89 Å². The summed E-state index contributed by atoms with van der Waals surface area (Å²) in [4.78, 5) is 9.10. The minimum atomic E-state index is 0.733. The number of hydrogen-bond acceptors (Lipinski definition) is 2. The normalized spacial score (nSPS) is 9.89. The molecule has 0 aromatic rings. The largest absolute Gasteiger partial charge is 0.315 e. The van der Waals surface area contributed by atoms with Crippen molar-refractivity contribution in [1.82, 2.24) is 0 Å². The molecule has 0 aliphatic rings. The summed E-state index contributed by atoms with van der Waals surface area (Å²) in [5.41, 5.74) is 0. The first-order valence-corrected chi connectivity index (χ1v) is 3.57. The Kier molecular flexibility index (Phi) is 7.97. The fourth-order valence-electron chi connectivity index (χ4n) is 0.671. The van der Waals surface area contributed by atoms with Gasteiger partial charge in [0.05, 0.1) is 6.61 Å². The Bertz CT molecular complexity index is 44.3. The molecule has 0 aromatic heterocycles. The molecule has 0 aromatic carbocycles. The van der Waals surface area contributed by atoms with Crippen LogP contribution in [0.15, 0.2) is 0 Å². The van der Waals surface area contributed by atoms with Crippen LogP contribution in [0.5, 0.6) is 0 Å². The van der Waals surface area contributed by atoms with Crippen molar-refractivity contribution in [3.05, 3.63) is 0 Å². The molecule has 0 rings (SSSR count). The smallest absolute Gasteiger partial charge is 0.306 e. The summed E-state index contributed by atoms with van der Waals surface area (Å²) in [6.45, 7) is 2.92. The Hall–Kier alpha value is -0.0151. The summed E-state index contributed by atoms with van der Waals surface area (Å²) in [5, 5.41) is 0. The van der Waals surface area contributed by atoms with E-state index in [1.165, 1.54) is 19.3 Å². The highest BCUT2D eigenvalue weighted by atomic mass is 17.2.